The molecule has 96 valence electrons. The van der Waals surface area contributed by atoms with Crippen LogP contribution in [0.5, 0.6) is 0 Å². The van der Waals surface area contributed by atoms with Crippen molar-refractivity contribution in [1.29, 1.82) is 5.26 Å². The lowest BCUT2D eigenvalue weighted by Gasteiger charge is -2.23. The topological polar surface area (TPSA) is 52.9 Å². The molecule has 0 fully saturated rings. The Kier molecular flexibility index (Phi) is 4.75. The van der Waals surface area contributed by atoms with E-state index >= 15 is 0 Å². The zero-order chi connectivity index (χ0) is 13.8. The summed E-state index contributed by atoms with van der Waals surface area (Å²) in [6, 6.07) is 9.19. The predicted octanol–water partition coefficient (Wildman–Crippen LogP) is 3.46. The molecule has 1 N–H and O–H groups in total. The SMILES string of the molecule is CCC(C)(C#N)C(=O)NC(C)c1ccccc1Cl. The number of amides is 1. The van der Waals surface area contributed by atoms with E-state index in [4.69, 9.17) is 16.9 Å². The maximum absolute atomic E-state index is 12.0. The second-order valence-electron chi connectivity index (χ2n) is 4.51. The van der Waals surface area contributed by atoms with Crippen molar-refractivity contribution >= 4 is 17.5 Å². The lowest BCUT2D eigenvalue weighted by Crippen LogP contribution is -2.39. The third-order valence-electron chi connectivity index (χ3n) is 3.17. The van der Waals surface area contributed by atoms with Crippen molar-refractivity contribution < 1.29 is 4.79 Å². The molecule has 0 bridgehead atoms. The Balaban J connectivity index is 2.84. The molecule has 1 rings (SSSR count). The van der Waals surface area contributed by atoms with Crippen molar-refractivity contribution in [3.05, 3.63) is 34.9 Å². The van der Waals surface area contributed by atoms with Gasteiger partial charge in [-0.15, -0.1) is 0 Å². The molecule has 0 radical (unpaired) electrons. The van der Waals surface area contributed by atoms with Gasteiger partial charge in [0.2, 0.25) is 5.91 Å². The monoisotopic (exact) mass is 264 g/mol. The minimum absolute atomic E-state index is 0.217. The number of nitrogens with zero attached hydrogens (tertiary/aromatic N) is 1. The standard InChI is InChI=1S/C14H17ClN2O/c1-4-14(3,9-16)13(18)17-10(2)11-7-5-6-8-12(11)15/h5-8,10H,4H2,1-3H3,(H,17,18). The van der Waals surface area contributed by atoms with Gasteiger partial charge in [0, 0.05) is 5.02 Å². The number of hydrogen-bond acceptors (Lipinski definition) is 2. The van der Waals surface area contributed by atoms with Crippen LogP contribution in [-0.4, -0.2) is 5.91 Å². The van der Waals surface area contributed by atoms with E-state index in [0.717, 1.165) is 5.56 Å². The number of nitriles is 1. The molecule has 0 aliphatic rings. The summed E-state index contributed by atoms with van der Waals surface area (Å²) in [5, 5.41) is 12.5. The van der Waals surface area contributed by atoms with Gasteiger partial charge < -0.3 is 5.32 Å². The number of halogens is 1. The molecular formula is C14H17ClN2O. The third kappa shape index (κ3) is 3.02. The van der Waals surface area contributed by atoms with Gasteiger partial charge in [-0.25, -0.2) is 0 Å². The number of rotatable bonds is 4. The van der Waals surface area contributed by atoms with Crippen molar-refractivity contribution in [1.82, 2.24) is 5.32 Å². The summed E-state index contributed by atoms with van der Waals surface area (Å²) in [4.78, 5) is 12.0. The van der Waals surface area contributed by atoms with Crippen LogP contribution in [0.4, 0.5) is 0 Å². The molecule has 2 atom stereocenters. The van der Waals surface area contributed by atoms with Crippen molar-refractivity contribution in [2.75, 3.05) is 0 Å². The van der Waals surface area contributed by atoms with Crippen LogP contribution in [-0.2, 0) is 4.79 Å². The minimum Gasteiger partial charge on any atom is -0.348 e. The van der Waals surface area contributed by atoms with Crippen LogP contribution in [0.15, 0.2) is 24.3 Å². The van der Waals surface area contributed by atoms with Crippen LogP contribution in [0.2, 0.25) is 5.02 Å². The number of nitrogens with one attached hydrogen (secondary N) is 1. The quantitative estimate of drug-likeness (QED) is 0.905. The lowest BCUT2D eigenvalue weighted by molar-refractivity contribution is -0.128. The fraction of sp³-hybridized carbons (Fsp3) is 0.429. The molecule has 18 heavy (non-hydrogen) atoms. The normalized spacial score (nSPS) is 15.3. The summed E-state index contributed by atoms with van der Waals surface area (Å²) in [6.45, 7) is 5.32. The number of carbonyl (C=O) groups excluding carboxylic acids is 1. The van der Waals surface area contributed by atoms with Gasteiger partial charge in [-0.05, 0) is 31.9 Å². The summed E-state index contributed by atoms with van der Waals surface area (Å²) < 4.78 is 0. The number of benzene rings is 1. The van der Waals surface area contributed by atoms with Crippen molar-refractivity contribution in [2.24, 2.45) is 5.41 Å². The van der Waals surface area contributed by atoms with Gasteiger partial charge >= 0.3 is 0 Å². The van der Waals surface area contributed by atoms with E-state index in [2.05, 4.69) is 11.4 Å². The highest BCUT2D eigenvalue weighted by atomic mass is 35.5. The Morgan fingerprint density at radius 3 is 2.67 bits per heavy atom. The average Bonchev–Trinajstić information content (AvgIpc) is 2.38. The average molecular weight is 265 g/mol. The molecule has 0 saturated carbocycles. The molecule has 4 heteroatoms. The van der Waals surface area contributed by atoms with Crippen LogP contribution in [0.3, 0.4) is 0 Å². The molecule has 0 aliphatic carbocycles. The number of carbonyl (C=O) groups is 1. The van der Waals surface area contributed by atoms with E-state index in [1.807, 2.05) is 32.0 Å². The van der Waals surface area contributed by atoms with E-state index in [1.165, 1.54) is 0 Å². The lowest BCUT2D eigenvalue weighted by atomic mass is 9.88. The van der Waals surface area contributed by atoms with Gasteiger partial charge in [0.1, 0.15) is 5.41 Å². The molecule has 2 unspecified atom stereocenters. The van der Waals surface area contributed by atoms with E-state index in [0.29, 0.717) is 11.4 Å². The highest BCUT2D eigenvalue weighted by Gasteiger charge is 2.32. The molecule has 1 amide bonds. The molecule has 1 aromatic rings. The molecule has 0 heterocycles. The largest absolute Gasteiger partial charge is 0.348 e. The zero-order valence-electron chi connectivity index (χ0n) is 10.8. The smallest absolute Gasteiger partial charge is 0.240 e. The fourth-order valence-electron chi connectivity index (χ4n) is 1.55. The molecule has 0 aliphatic heterocycles. The molecule has 3 nitrogen and oxygen atoms in total. The van der Waals surface area contributed by atoms with Gasteiger partial charge in [-0.2, -0.15) is 5.26 Å². The maximum atomic E-state index is 12.0. The van der Waals surface area contributed by atoms with E-state index in [-0.39, 0.29) is 11.9 Å². The first-order chi connectivity index (χ1) is 8.44. The van der Waals surface area contributed by atoms with Gasteiger partial charge in [-0.1, -0.05) is 36.7 Å². The van der Waals surface area contributed by atoms with Gasteiger partial charge in [0.15, 0.2) is 0 Å². The summed E-state index contributed by atoms with van der Waals surface area (Å²) >= 11 is 6.07. The molecule has 0 saturated heterocycles. The Morgan fingerprint density at radius 2 is 2.17 bits per heavy atom. The molecule has 0 aromatic heterocycles. The van der Waals surface area contributed by atoms with Crippen LogP contribution in [0.25, 0.3) is 0 Å². The van der Waals surface area contributed by atoms with Gasteiger partial charge in [-0.3, -0.25) is 4.79 Å². The Morgan fingerprint density at radius 1 is 1.56 bits per heavy atom. The first-order valence-electron chi connectivity index (χ1n) is 5.91. The zero-order valence-corrected chi connectivity index (χ0v) is 11.6. The van der Waals surface area contributed by atoms with Gasteiger partial charge in [0.05, 0.1) is 12.1 Å². The van der Waals surface area contributed by atoms with E-state index in [1.54, 1.807) is 13.0 Å². The Bertz CT molecular complexity index is 481. The highest BCUT2D eigenvalue weighted by Crippen LogP contribution is 2.25. The van der Waals surface area contributed by atoms with Crippen LogP contribution in [0, 0.1) is 16.7 Å². The first-order valence-corrected chi connectivity index (χ1v) is 6.29. The Hall–Kier alpha value is -1.53. The van der Waals surface area contributed by atoms with Crippen LogP contribution in [0.1, 0.15) is 38.8 Å². The van der Waals surface area contributed by atoms with Crippen LogP contribution < -0.4 is 5.32 Å². The van der Waals surface area contributed by atoms with Crippen molar-refractivity contribution in [3.63, 3.8) is 0 Å². The Labute approximate surface area is 113 Å². The van der Waals surface area contributed by atoms with Crippen molar-refractivity contribution in [2.45, 2.75) is 33.2 Å². The molecule has 1 aromatic carbocycles. The van der Waals surface area contributed by atoms with Gasteiger partial charge in [0.25, 0.3) is 0 Å². The molecule has 0 spiro atoms. The highest BCUT2D eigenvalue weighted by molar-refractivity contribution is 6.31. The minimum atomic E-state index is -0.991. The second kappa shape index (κ2) is 5.88. The second-order valence-corrected chi connectivity index (χ2v) is 4.92. The van der Waals surface area contributed by atoms with Crippen LogP contribution >= 0.6 is 11.6 Å². The van der Waals surface area contributed by atoms with E-state index in [9.17, 15) is 4.79 Å². The first kappa shape index (κ1) is 14.5. The summed E-state index contributed by atoms with van der Waals surface area (Å²) in [6.07, 6.45) is 0.477. The summed E-state index contributed by atoms with van der Waals surface area (Å²) in [5.41, 5.74) is -0.140. The fourth-order valence-corrected chi connectivity index (χ4v) is 1.85. The summed E-state index contributed by atoms with van der Waals surface area (Å²) in [5.74, 6) is -0.264. The van der Waals surface area contributed by atoms with E-state index < -0.39 is 5.41 Å². The maximum Gasteiger partial charge on any atom is 0.240 e. The predicted molar refractivity (Wildman–Crippen MR) is 72.0 cm³/mol. The molecular weight excluding hydrogens is 248 g/mol. The number of hydrogen-bond donors (Lipinski definition) is 1. The summed E-state index contributed by atoms with van der Waals surface area (Å²) in [7, 11) is 0. The van der Waals surface area contributed by atoms with Crippen molar-refractivity contribution in [3.8, 4) is 6.07 Å². The third-order valence-corrected chi connectivity index (χ3v) is 3.52.